The second-order valence-corrected chi connectivity index (χ2v) is 5.12. The van der Waals surface area contributed by atoms with Gasteiger partial charge in [0.15, 0.2) is 11.5 Å². The fourth-order valence-corrected chi connectivity index (χ4v) is 2.09. The molecule has 2 heterocycles. The van der Waals surface area contributed by atoms with Gasteiger partial charge in [-0.2, -0.15) is 0 Å². The number of carbonyl (C=O) groups excluding carboxylic acids is 1. The molecule has 3 rings (SSSR count). The summed E-state index contributed by atoms with van der Waals surface area (Å²) in [6.07, 6.45) is 4.29. The quantitative estimate of drug-likeness (QED) is 0.869. The summed E-state index contributed by atoms with van der Waals surface area (Å²) in [6.45, 7) is 1.81. The van der Waals surface area contributed by atoms with Gasteiger partial charge >= 0.3 is 0 Å². The number of fused-ring (bicyclic) bond motifs is 1. The number of aliphatic hydroxyl groups is 1. The van der Waals surface area contributed by atoms with Crippen molar-refractivity contribution < 1.29 is 19.4 Å². The van der Waals surface area contributed by atoms with Gasteiger partial charge in [0, 0.05) is 12.4 Å². The first kappa shape index (κ1) is 14.3. The molecule has 1 aromatic heterocycles. The van der Waals surface area contributed by atoms with Gasteiger partial charge in [0.05, 0.1) is 12.7 Å². The van der Waals surface area contributed by atoms with Crippen molar-refractivity contribution in [2.24, 2.45) is 0 Å². The summed E-state index contributed by atoms with van der Waals surface area (Å²) in [5.41, 5.74) is -0.432. The molecule has 0 fully saturated rings. The van der Waals surface area contributed by atoms with Gasteiger partial charge < -0.3 is 19.9 Å². The molecular weight excluding hydrogens is 286 g/mol. The molecule has 0 aliphatic carbocycles. The maximum Gasteiger partial charge on any atom is 0.271 e. The third-order valence-electron chi connectivity index (χ3n) is 3.38. The summed E-state index contributed by atoms with van der Waals surface area (Å²) in [4.78, 5) is 19.7. The Balaban J connectivity index is 1.69. The Morgan fingerprint density at radius 2 is 2.18 bits per heavy atom. The van der Waals surface area contributed by atoms with E-state index in [1.54, 1.807) is 25.1 Å². The predicted octanol–water partition coefficient (Wildman–Crippen LogP) is 0.843. The van der Waals surface area contributed by atoms with Crippen LogP contribution in [0, 0.1) is 0 Å². The zero-order valence-electron chi connectivity index (χ0n) is 11.9. The first-order valence-electron chi connectivity index (χ1n) is 6.73. The van der Waals surface area contributed by atoms with E-state index in [0.717, 1.165) is 0 Å². The van der Waals surface area contributed by atoms with Crippen LogP contribution in [0.15, 0.2) is 36.8 Å². The van der Waals surface area contributed by atoms with Gasteiger partial charge in [0.25, 0.3) is 5.91 Å². The molecule has 0 spiro atoms. The number of rotatable bonds is 4. The molecule has 1 aliphatic rings. The average molecular weight is 301 g/mol. The Bertz CT molecular complexity index is 688. The lowest BCUT2D eigenvalue weighted by Gasteiger charge is -2.24. The first-order chi connectivity index (χ1) is 10.6. The van der Waals surface area contributed by atoms with E-state index in [1.807, 2.05) is 0 Å². The highest BCUT2D eigenvalue weighted by molar-refractivity contribution is 5.91. The number of nitrogens with zero attached hydrogens (tertiary/aromatic N) is 2. The third kappa shape index (κ3) is 2.84. The van der Waals surface area contributed by atoms with Crippen molar-refractivity contribution in [3.63, 3.8) is 0 Å². The van der Waals surface area contributed by atoms with Crippen LogP contribution in [0.1, 0.15) is 23.0 Å². The molecule has 114 valence electrons. The molecule has 1 aromatic carbocycles. The molecular formula is C15H15N3O4. The van der Waals surface area contributed by atoms with Crippen molar-refractivity contribution >= 4 is 5.91 Å². The van der Waals surface area contributed by atoms with E-state index < -0.39 is 11.5 Å². The minimum absolute atomic E-state index is 0.0298. The van der Waals surface area contributed by atoms with Gasteiger partial charge in [-0.1, -0.05) is 6.07 Å². The smallest absolute Gasteiger partial charge is 0.271 e. The fourth-order valence-electron chi connectivity index (χ4n) is 2.09. The Hall–Kier alpha value is -2.67. The van der Waals surface area contributed by atoms with E-state index in [4.69, 9.17) is 9.47 Å². The van der Waals surface area contributed by atoms with Crippen molar-refractivity contribution in [2.75, 3.05) is 13.3 Å². The molecule has 1 atom stereocenters. The number of aromatic nitrogens is 2. The lowest BCUT2D eigenvalue weighted by Crippen LogP contribution is -2.38. The molecule has 0 bridgehead atoms. The lowest BCUT2D eigenvalue weighted by atomic mass is 9.95. The fraction of sp³-hybridized carbons (Fsp3) is 0.267. The van der Waals surface area contributed by atoms with Gasteiger partial charge in [-0.3, -0.25) is 9.78 Å². The summed E-state index contributed by atoms with van der Waals surface area (Å²) < 4.78 is 10.5. The summed E-state index contributed by atoms with van der Waals surface area (Å²) in [7, 11) is 0. The first-order valence-corrected chi connectivity index (χ1v) is 6.73. The van der Waals surface area contributed by atoms with E-state index >= 15 is 0 Å². The Morgan fingerprint density at radius 3 is 2.95 bits per heavy atom. The number of amides is 1. The maximum atomic E-state index is 11.9. The molecule has 0 unspecified atom stereocenters. The SMILES string of the molecule is C[C@@](O)(CNC(=O)c1cnccn1)c1ccc2c(c1)OCO2. The summed E-state index contributed by atoms with van der Waals surface area (Å²) >= 11 is 0. The van der Waals surface area contributed by atoms with Crippen LogP contribution < -0.4 is 14.8 Å². The van der Waals surface area contributed by atoms with Gasteiger partial charge in [-0.05, 0) is 24.6 Å². The largest absolute Gasteiger partial charge is 0.454 e. The minimum atomic E-state index is -1.25. The normalized spacial score (nSPS) is 15.2. The third-order valence-corrected chi connectivity index (χ3v) is 3.38. The number of ether oxygens (including phenoxy) is 2. The lowest BCUT2D eigenvalue weighted by molar-refractivity contribution is 0.0523. The van der Waals surface area contributed by atoms with Crippen LogP contribution in [0.2, 0.25) is 0 Å². The minimum Gasteiger partial charge on any atom is -0.454 e. The topological polar surface area (TPSA) is 93.6 Å². The number of benzene rings is 1. The molecule has 0 saturated heterocycles. The standard InChI is InChI=1S/C15H15N3O4/c1-15(20,8-18-14(19)11-7-16-4-5-17-11)10-2-3-12-13(6-10)22-9-21-12/h2-7,20H,8-9H2,1H3,(H,18,19)/t15-/m1/s1. The van der Waals surface area contributed by atoms with Crippen LogP contribution in [-0.2, 0) is 5.60 Å². The highest BCUT2D eigenvalue weighted by atomic mass is 16.7. The summed E-state index contributed by atoms with van der Waals surface area (Å²) in [5, 5.41) is 13.2. The number of carbonyl (C=O) groups is 1. The van der Waals surface area contributed by atoms with Crippen LogP contribution in [0.5, 0.6) is 11.5 Å². The highest BCUT2D eigenvalue weighted by Gasteiger charge is 2.27. The van der Waals surface area contributed by atoms with Crippen molar-refractivity contribution in [1.82, 2.24) is 15.3 Å². The van der Waals surface area contributed by atoms with E-state index in [0.29, 0.717) is 17.1 Å². The Morgan fingerprint density at radius 1 is 1.36 bits per heavy atom. The predicted molar refractivity (Wildman–Crippen MR) is 76.5 cm³/mol. The molecule has 2 aromatic rings. The Kier molecular flexibility index (Phi) is 3.64. The highest BCUT2D eigenvalue weighted by Crippen LogP contribution is 2.35. The van der Waals surface area contributed by atoms with Crippen LogP contribution in [0.4, 0.5) is 0 Å². The maximum absolute atomic E-state index is 11.9. The van der Waals surface area contributed by atoms with Gasteiger partial charge in [-0.25, -0.2) is 4.98 Å². The summed E-state index contributed by atoms with van der Waals surface area (Å²) in [5.74, 6) is 0.829. The van der Waals surface area contributed by atoms with Crippen LogP contribution >= 0.6 is 0 Å². The van der Waals surface area contributed by atoms with Gasteiger partial charge in [0.2, 0.25) is 6.79 Å². The molecule has 2 N–H and O–H groups in total. The second kappa shape index (κ2) is 5.61. The van der Waals surface area contributed by atoms with Crippen LogP contribution in [0.25, 0.3) is 0 Å². The van der Waals surface area contributed by atoms with Crippen molar-refractivity contribution in [3.8, 4) is 11.5 Å². The van der Waals surface area contributed by atoms with Crippen molar-refractivity contribution in [3.05, 3.63) is 48.0 Å². The number of hydrogen-bond donors (Lipinski definition) is 2. The zero-order valence-corrected chi connectivity index (χ0v) is 11.9. The van der Waals surface area contributed by atoms with Gasteiger partial charge in [0.1, 0.15) is 11.3 Å². The summed E-state index contributed by atoms with van der Waals surface area (Å²) in [6, 6.07) is 5.18. The zero-order chi connectivity index (χ0) is 15.6. The van der Waals surface area contributed by atoms with Crippen LogP contribution in [-0.4, -0.2) is 34.3 Å². The monoisotopic (exact) mass is 301 g/mol. The molecule has 0 radical (unpaired) electrons. The van der Waals surface area contributed by atoms with E-state index in [2.05, 4.69) is 15.3 Å². The molecule has 22 heavy (non-hydrogen) atoms. The van der Waals surface area contributed by atoms with E-state index in [1.165, 1.54) is 18.6 Å². The van der Waals surface area contributed by atoms with Crippen LogP contribution in [0.3, 0.4) is 0 Å². The number of hydrogen-bond acceptors (Lipinski definition) is 6. The molecule has 7 heteroatoms. The van der Waals surface area contributed by atoms with E-state index in [-0.39, 0.29) is 19.0 Å². The molecule has 7 nitrogen and oxygen atoms in total. The van der Waals surface area contributed by atoms with E-state index in [9.17, 15) is 9.90 Å². The molecule has 1 amide bonds. The number of nitrogens with one attached hydrogen (secondary N) is 1. The van der Waals surface area contributed by atoms with Crippen molar-refractivity contribution in [1.29, 1.82) is 0 Å². The Labute approximate surface area is 126 Å². The van der Waals surface area contributed by atoms with Crippen molar-refractivity contribution in [2.45, 2.75) is 12.5 Å². The average Bonchev–Trinajstić information content (AvgIpc) is 3.01. The molecule has 0 saturated carbocycles. The molecule has 1 aliphatic heterocycles. The van der Waals surface area contributed by atoms with Gasteiger partial charge in [-0.15, -0.1) is 0 Å². The second-order valence-electron chi connectivity index (χ2n) is 5.12.